The van der Waals surface area contributed by atoms with Crippen LogP contribution in [0.3, 0.4) is 0 Å². The second-order valence-electron chi connectivity index (χ2n) is 9.70. The van der Waals surface area contributed by atoms with Crippen molar-refractivity contribution in [2.45, 2.75) is 63.9 Å². The van der Waals surface area contributed by atoms with Crippen LogP contribution >= 0.6 is 0 Å². The fourth-order valence-corrected chi connectivity index (χ4v) is 3.83. The minimum Gasteiger partial charge on any atom is -0.497 e. The third-order valence-electron chi connectivity index (χ3n) is 6.02. The van der Waals surface area contributed by atoms with Gasteiger partial charge in [0.1, 0.15) is 18.4 Å². The van der Waals surface area contributed by atoms with Crippen molar-refractivity contribution in [1.82, 2.24) is 10.6 Å². The first-order valence-electron chi connectivity index (χ1n) is 12.6. The number of ether oxygens (including phenoxy) is 2. The molecule has 0 radical (unpaired) electrons. The molecular formula is C28H37N3O8. The number of benzene rings is 2. The molecule has 2 rings (SSSR count). The molecule has 0 fully saturated rings. The van der Waals surface area contributed by atoms with Crippen molar-refractivity contribution in [3.63, 3.8) is 0 Å². The highest BCUT2D eigenvalue weighted by Crippen LogP contribution is 2.16. The molecule has 2 aromatic carbocycles. The van der Waals surface area contributed by atoms with Crippen molar-refractivity contribution in [1.29, 1.82) is 0 Å². The topological polar surface area (TPSA) is 177 Å². The monoisotopic (exact) mass is 543 g/mol. The molecule has 0 aliphatic carbocycles. The number of nitrogens with one attached hydrogen (secondary N) is 2. The lowest BCUT2D eigenvalue weighted by Crippen LogP contribution is -2.66. The molecule has 0 bridgehead atoms. The van der Waals surface area contributed by atoms with Gasteiger partial charge in [-0.05, 0) is 35.6 Å². The SMILES string of the molecule is COc1ccc(C[C@H](NC(=O)[C@H](CC(C)C)NC(N)(CCC(=O)OCc2ccccc2)C(=O)O)C(=O)O)cc1. The van der Waals surface area contributed by atoms with E-state index >= 15 is 0 Å². The van der Waals surface area contributed by atoms with E-state index in [4.69, 9.17) is 15.2 Å². The Morgan fingerprint density at radius 3 is 2.13 bits per heavy atom. The average Bonchev–Trinajstić information content (AvgIpc) is 2.90. The first-order chi connectivity index (χ1) is 18.4. The van der Waals surface area contributed by atoms with Gasteiger partial charge in [0, 0.05) is 19.3 Å². The molecule has 3 atom stereocenters. The lowest BCUT2D eigenvalue weighted by Gasteiger charge is -2.32. The maximum Gasteiger partial charge on any atom is 0.338 e. The molecular weight excluding hydrogens is 506 g/mol. The molecule has 6 N–H and O–H groups in total. The molecule has 0 aliphatic rings. The van der Waals surface area contributed by atoms with Crippen LogP contribution in [0.1, 0.15) is 44.2 Å². The maximum absolute atomic E-state index is 13.2. The molecule has 1 unspecified atom stereocenters. The number of carbonyl (C=O) groups excluding carboxylic acids is 2. The molecule has 39 heavy (non-hydrogen) atoms. The number of carboxylic acid groups (broad SMARTS) is 2. The van der Waals surface area contributed by atoms with E-state index in [1.54, 1.807) is 48.5 Å². The standard InChI is InChI=1S/C28H37N3O8/c1-18(2)15-22(25(33)30-23(26(34)35)16-19-9-11-21(38-3)12-10-19)31-28(29,27(36)37)14-13-24(32)39-17-20-7-5-4-6-8-20/h4-12,18,22-23,31H,13-17,29H2,1-3H3,(H,30,33)(H,34,35)(H,36,37)/t22-,23-,28?/m0/s1. The van der Waals surface area contributed by atoms with Crippen LogP contribution in [0, 0.1) is 5.92 Å². The molecule has 2 aromatic rings. The van der Waals surface area contributed by atoms with Crippen LogP contribution < -0.4 is 21.1 Å². The summed E-state index contributed by atoms with van der Waals surface area (Å²) in [6.07, 6.45) is -0.495. The van der Waals surface area contributed by atoms with Crippen LogP contribution in [-0.4, -0.2) is 58.9 Å². The average molecular weight is 544 g/mol. The van der Waals surface area contributed by atoms with Gasteiger partial charge in [0.05, 0.1) is 13.2 Å². The van der Waals surface area contributed by atoms with Crippen LogP contribution in [0.5, 0.6) is 5.75 Å². The van der Waals surface area contributed by atoms with E-state index in [9.17, 15) is 29.4 Å². The van der Waals surface area contributed by atoms with Gasteiger partial charge in [-0.3, -0.25) is 14.9 Å². The summed E-state index contributed by atoms with van der Waals surface area (Å²) in [4.78, 5) is 49.5. The molecule has 0 aromatic heterocycles. The van der Waals surface area contributed by atoms with Gasteiger partial charge in [0.2, 0.25) is 5.91 Å². The highest BCUT2D eigenvalue weighted by Gasteiger charge is 2.39. The summed E-state index contributed by atoms with van der Waals surface area (Å²) in [5.41, 5.74) is 5.42. The summed E-state index contributed by atoms with van der Waals surface area (Å²) in [6.45, 7) is 3.68. The Hall–Kier alpha value is -3.96. The number of aliphatic carboxylic acids is 2. The number of carbonyl (C=O) groups is 4. The Balaban J connectivity index is 2.08. The summed E-state index contributed by atoms with van der Waals surface area (Å²) in [6, 6.07) is 13.3. The smallest absolute Gasteiger partial charge is 0.338 e. The normalized spacial score (nSPS) is 14.1. The highest BCUT2D eigenvalue weighted by molar-refractivity contribution is 5.88. The number of amides is 1. The van der Waals surface area contributed by atoms with Gasteiger partial charge >= 0.3 is 17.9 Å². The van der Waals surface area contributed by atoms with Crippen molar-refractivity contribution in [3.05, 3.63) is 65.7 Å². The summed E-state index contributed by atoms with van der Waals surface area (Å²) in [5.74, 6) is -3.53. The summed E-state index contributed by atoms with van der Waals surface area (Å²) in [7, 11) is 1.51. The predicted molar refractivity (Wildman–Crippen MR) is 143 cm³/mol. The van der Waals surface area contributed by atoms with E-state index in [1.165, 1.54) is 7.11 Å². The molecule has 0 heterocycles. The molecule has 1 amide bonds. The van der Waals surface area contributed by atoms with E-state index in [1.807, 2.05) is 19.9 Å². The van der Waals surface area contributed by atoms with Crippen LogP contribution in [0.4, 0.5) is 0 Å². The second kappa shape index (κ2) is 14.8. The fourth-order valence-electron chi connectivity index (χ4n) is 3.83. The van der Waals surface area contributed by atoms with Crippen molar-refractivity contribution < 1.29 is 38.9 Å². The fraction of sp³-hybridized carbons (Fsp3) is 0.429. The van der Waals surface area contributed by atoms with Gasteiger partial charge in [0.25, 0.3) is 0 Å². The molecule has 0 spiro atoms. The molecule has 0 saturated carbocycles. The Morgan fingerprint density at radius 1 is 0.949 bits per heavy atom. The zero-order valence-corrected chi connectivity index (χ0v) is 22.4. The van der Waals surface area contributed by atoms with Gasteiger partial charge in [-0.15, -0.1) is 0 Å². The number of esters is 1. The number of nitrogens with two attached hydrogens (primary N) is 1. The molecule has 212 valence electrons. The largest absolute Gasteiger partial charge is 0.497 e. The first kappa shape index (κ1) is 31.3. The Morgan fingerprint density at radius 2 is 1.59 bits per heavy atom. The number of rotatable bonds is 16. The van der Waals surface area contributed by atoms with E-state index in [0.717, 1.165) is 5.56 Å². The summed E-state index contributed by atoms with van der Waals surface area (Å²) >= 11 is 0. The minimum atomic E-state index is -2.14. The van der Waals surface area contributed by atoms with Crippen LogP contribution in [0.2, 0.25) is 0 Å². The van der Waals surface area contributed by atoms with Gasteiger partial charge in [-0.1, -0.05) is 56.3 Å². The minimum absolute atomic E-state index is 0.000576. The van der Waals surface area contributed by atoms with Gasteiger partial charge in [-0.25, -0.2) is 9.59 Å². The third-order valence-corrected chi connectivity index (χ3v) is 6.02. The Bertz CT molecular complexity index is 1110. The van der Waals surface area contributed by atoms with Gasteiger partial charge in [-0.2, -0.15) is 0 Å². The lowest BCUT2D eigenvalue weighted by atomic mass is 9.97. The van der Waals surface area contributed by atoms with E-state index in [2.05, 4.69) is 10.6 Å². The predicted octanol–water partition coefficient (Wildman–Crippen LogP) is 2.07. The second-order valence-corrected chi connectivity index (χ2v) is 9.70. The van der Waals surface area contributed by atoms with Crippen molar-refractivity contribution in [2.75, 3.05) is 7.11 Å². The molecule has 0 saturated heterocycles. The van der Waals surface area contributed by atoms with Crippen LogP contribution in [0.25, 0.3) is 0 Å². The number of methoxy groups -OCH3 is 1. The van der Waals surface area contributed by atoms with Gasteiger partial charge in [0.15, 0.2) is 5.66 Å². The quantitative estimate of drug-likeness (QED) is 0.156. The van der Waals surface area contributed by atoms with Crippen LogP contribution in [-0.2, 0) is 36.9 Å². The lowest BCUT2D eigenvalue weighted by molar-refractivity contribution is -0.149. The Labute approximate surface area is 227 Å². The Kier molecular flexibility index (Phi) is 11.9. The molecule has 11 nitrogen and oxygen atoms in total. The van der Waals surface area contributed by atoms with Crippen molar-refractivity contribution in [3.8, 4) is 5.75 Å². The number of hydrogen-bond acceptors (Lipinski definition) is 8. The molecule has 0 aliphatic heterocycles. The molecule has 11 heteroatoms. The van der Waals surface area contributed by atoms with E-state index < -0.39 is 41.6 Å². The summed E-state index contributed by atoms with van der Waals surface area (Å²) < 4.78 is 10.3. The zero-order valence-electron chi connectivity index (χ0n) is 22.4. The number of carboxylic acids is 2. The van der Waals surface area contributed by atoms with Crippen molar-refractivity contribution >= 4 is 23.8 Å². The van der Waals surface area contributed by atoms with E-state index in [0.29, 0.717) is 11.3 Å². The number of hydrogen-bond donors (Lipinski definition) is 5. The third kappa shape index (κ3) is 10.4. The zero-order chi connectivity index (χ0) is 29.0. The maximum atomic E-state index is 13.2. The highest BCUT2D eigenvalue weighted by atomic mass is 16.5. The van der Waals surface area contributed by atoms with Crippen molar-refractivity contribution in [2.24, 2.45) is 11.7 Å². The first-order valence-corrected chi connectivity index (χ1v) is 12.6. The van der Waals surface area contributed by atoms with Crippen LogP contribution in [0.15, 0.2) is 54.6 Å². The van der Waals surface area contributed by atoms with E-state index in [-0.39, 0.29) is 38.2 Å². The summed E-state index contributed by atoms with van der Waals surface area (Å²) in [5, 5.41) is 24.7. The van der Waals surface area contributed by atoms with Gasteiger partial charge < -0.3 is 30.7 Å².